The molecule has 1 heterocycles. The number of hydrogen-bond donors (Lipinski definition) is 2. The van der Waals surface area contributed by atoms with Crippen molar-refractivity contribution in [3.05, 3.63) is 54.1 Å². The van der Waals surface area contributed by atoms with Gasteiger partial charge in [-0.25, -0.2) is 18.1 Å². The maximum Gasteiger partial charge on any atom is 0.215 e. The second-order valence-electron chi connectivity index (χ2n) is 4.83. The minimum absolute atomic E-state index is 0.0110. The van der Waals surface area contributed by atoms with E-state index in [1.807, 2.05) is 22.9 Å². The number of nitrogens with zero attached hydrogens (tertiary/aromatic N) is 2. The zero-order chi connectivity index (χ0) is 15.1. The van der Waals surface area contributed by atoms with Gasteiger partial charge in [-0.05, 0) is 17.5 Å². The van der Waals surface area contributed by atoms with Crippen molar-refractivity contribution < 1.29 is 8.42 Å². The second kappa shape index (κ2) is 7.35. The maximum absolute atomic E-state index is 12.0. The highest BCUT2D eigenvalue weighted by atomic mass is 32.2. The molecule has 0 fully saturated rings. The molecule has 0 saturated carbocycles. The smallest absolute Gasteiger partial charge is 0.215 e. The van der Waals surface area contributed by atoms with Crippen LogP contribution in [-0.4, -0.2) is 24.5 Å². The highest BCUT2D eigenvalue weighted by molar-refractivity contribution is 7.88. The SMILES string of the molecule is NCc1ccc(CS(=O)(=O)NCCCn2ccnc2)cc1. The molecule has 0 aliphatic carbocycles. The summed E-state index contributed by atoms with van der Waals surface area (Å²) >= 11 is 0. The van der Waals surface area contributed by atoms with Crippen LogP contribution in [0.15, 0.2) is 43.0 Å². The summed E-state index contributed by atoms with van der Waals surface area (Å²) < 4.78 is 28.5. The Balaban J connectivity index is 1.78. The Morgan fingerprint density at radius 2 is 1.90 bits per heavy atom. The molecule has 6 nitrogen and oxygen atoms in total. The first-order chi connectivity index (χ1) is 10.1. The molecular weight excluding hydrogens is 288 g/mol. The Kier molecular flexibility index (Phi) is 5.49. The van der Waals surface area contributed by atoms with Crippen LogP contribution in [0, 0.1) is 0 Å². The van der Waals surface area contributed by atoms with Crippen LogP contribution in [0.5, 0.6) is 0 Å². The van der Waals surface area contributed by atoms with Gasteiger partial charge in [0.2, 0.25) is 10.0 Å². The van der Waals surface area contributed by atoms with Crippen LogP contribution in [-0.2, 0) is 28.9 Å². The van der Waals surface area contributed by atoms with Crippen LogP contribution in [0.3, 0.4) is 0 Å². The molecule has 2 rings (SSSR count). The van der Waals surface area contributed by atoms with Crippen molar-refractivity contribution in [1.82, 2.24) is 14.3 Å². The predicted octanol–water partition coefficient (Wildman–Crippen LogP) is 0.852. The average molecular weight is 308 g/mol. The molecule has 2 aromatic rings. The van der Waals surface area contributed by atoms with Gasteiger partial charge in [-0.2, -0.15) is 0 Å². The molecule has 0 spiro atoms. The van der Waals surface area contributed by atoms with E-state index in [4.69, 9.17) is 5.73 Å². The molecule has 0 aliphatic rings. The molecule has 1 aromatic heterocycles. The fourth-order valence-electron chi connectivity index (χ4n) is 1.95. The Labute approximate surface area is 125 Å². The lowest BCUT2D eigenvalue weighted by atomic mass is 10.1. The number of benzene rings is 1. The number of nitrogens with one attached hydrogen (secondary N) is 1. The summed E-state index contributed by atoms with van der Waals surface area (Å²) in [5, 5.41) is 0. The normalized spacial score (nSPS) is 11.7. The number of hydrogen-bond acceptors (Lipinski definition) is 4. The molecule has 0 unspecified atom stereocenters. The summed E-state index contributed by atoms with van der Waals surface area (Å²) in [6, 6.07) is 7.30. The van der Waals surface area contributed by atoms with Gasteiger partial charge in [0, 0.05) is 32.0 Å². The lowest BCUT2D eigenvalue weighted by Gasteiger charge is -2.07. The molecule has 1 aromatic carbocycles. The zero-order valence-electron chi connectivity index (χ0n) is 11.8. The molecule has 0 bridgehead atoms. The van der Waals surface area contributed by atoms with Gasteiger partial charge in [0.25, 0.3) is 0 Å². The lowest BCUT2D eigenvalue weighted by molar-refractivity contribution is 0.569. The number of sulfonamides is 1. The fourth-order valence-corrected chi connectivity index (χ4v) is 3.14. The Morgan fingerprint density at radius 3 is 2.52 bits per heavy atom. The van der Waals surface area contributed by atoms with Crippen molar-refractivity contribution in [1.29, 1.82) is 0 Å². The summed E-state index contributed by atoms with van der Waals surface area (Å²) in [5.41, 5.74) is 7.26. The lowest BCUT2D eigenvalue weighted by Crippen LogP contribution is -2.26. The first-order valence-electron chi connectivity index (χ1n) is 6.80. The minimum atomic E-state index is -3.30. The van der Waals surface area contributed by atoms with E-state index in [1.54, 1.807) is 24.7 Å². The zero-order valence-corrected chi connectivity index (χ0v) is 12.6. The van der Waals surface area contributed by atoms with Gasteiger partial charge >= 0.3 is 0 Å². The van der Waals surface area contributed by atoms with Crippen molar-refractivity contribution in [2.24, 2.45) is 5.73 Å². The fraction of sp³-hybridized carbons (Fsp3) is 0.357. The Bertz CT molecular complexity index is 636. The van der Waals surface area contributed by atoms with E-state index in [-0.39, 0.29) is 5.75 Å². The van der Waals surface area contributed by atoms with Gasteiger partial charge in [0.1, 0.15) is 0 Å². The highest BCUT2D eigenvalue weighted by Crippen LogP contribution is 2.07. The molecule has 3 N–H and O–H groups in total. The molecule has 0 radical (unpaired) electrons. The largest absolute Gasteiger partial charge is 0.337 e. The van der Waals surface area contributed by atoms with Gasteiger partial charge in [0.05, 0.1) is 12.1 Å². The molecule has 114 valence electrons. The molecule has 0 aliphatic heterocycles. The van der Waals surface area contributed by atoms with E-state index < -0.39 is 10.0 Å². The van der Waals surface area contributed by atoms with E-state index in [1.165, 1.54) is 0 Å². The van der Waals surface area contributed by atoms with Crippen LogP contribution in [0.25, 0.3) is 0 Å². The Hall–Kier alpha value is -1.70. The van der Waals surface area contributed by atoms with E-state index in [2.05, 4.69) is 9.71 Å². The van der Waals surface area contributed by atoms with Crippen LogP contribution in [0.2, 0.25) is 0 Å². The van der Waals surface area contributed by atoms with Gasteiger partial charge in [-0.3, -0.25) is 0 Å². The predicted molar refractivity (Wildman–Crippen MR) is 81.8 cm³/mol. The molecule has 21 heavy (non-hydrogen) atoms. The third-order valence-electron chi connectivity index (χ3n) is 3.09. The third-order valence-corrected chi connectivity index (χ3v) is 4.45. The molecule has 0 amide bonds. The molecular formula is C14H20N4O2S. The van der Waals surface area contributed by atoms with E-state index in [0.717, 1.165) is 24.1 Å². The van der Waals surface area contributed by atoms with Crippen LogP contribution in [0.4, 0.5) is 0 Å². The van der Waals surface area contributed by atoms with Gasteiger partial charge in [-0.15, -0.1) is 0 Å². The second-order valence-corrected chi connectivity index (χ2v) is 6.63. The van der Waals surface area contributed by atoms with Crippen molar-refractivity contribution in [3.8, 4) is 0 Å². The Morgan fingerprint density at radius 1 is 1.19 bits per heavy atom. The number of imidazole rings is 1. The summed E-state index contributed by atoms with van der Waals surface area (Å²) in [6.07, 6.45) is 6.00. The molecule has 7 heteroatoms. The summed E-state index contributed by atoms with van der Waals surface area (Å²) in [6.45, 7) is 1.62. The van der Waals surface area contributed by atoms with Crippen LogP contribution in [0.1, 0.15) is 17.5 Å². The molecule has 0 atom stereocenters. The maximum atomic E-state index is 12.0. The number of aromatic nitrogens is 2. The first-order valence-corrected chi connectivity index (χ1v) is 8.45. The van der Waals surface area contributed by atoms with E-state index >= 15 is 0 Å². The number of nitrogens with two attached hydrogens (primary N) is 1. The molecule has 0 saturated heterocycles. The first kappa shape index (κ1) is 15.7. The summed E-state index contributed by atoms with van der Waals surface area (Å²) in [4.78, 5) is 3.93. The minimum Gasteiger partial charge on any atom is -0.337 e. The van der Waals surface area contributed by atoms with Crippen LogP contribution >= 0.6 is 0 Å². The quantitative estimate of drug-likeness (QED) is 0.708. The third kappa shape index (κ3) is 5.30. The average Bonchev–Trinajstić information content (AvgIpc) is 2.97. The van der Waals surface area contributed by atoms with Gasteiger partial charge in [-0.1, -0.05) is 24.3 Å². The van der Waals surface area contributed by atoms with Gasteiger partial charge in [0.15, 0.2) is 0 Å². The number of rotatable bonds is 8. The summed E-state index contributed by atoms with van der Waals surface area (Å²) in [5.74, 6) is -0.0110. The summed E-state index contributed by atoms with van der Waals surface area (Å²) in [7, 11) is -3.30. The number of aryl methyl sites for hydroxylation is 1. The van der Waals surface area contributed by atoms with Crippen molar-refractivity contribution in [3.63, 3.8) is 0 Å². The standard InChI is InChI=1S/C14H20N4O2S/c15-10-13-2-4-14(5-3-13)11-21(19,20)17-6-1-8-18-9-7-16-12-18/h2-5,7,9,12,17H,1,6,8,10-11,15H2. The topological polar surface area (TPSA) is 90.0 Å². The monoisotopic (exact) mass is 308 g/mol. The van der Waals surface area contributed by atoms with Crippen molar-refractivity contribution >= 4 is 10.0 Å². The van der Waals surface area contributed by atoms with Crippen LogP contribution < -0.4 is 10.5 Å². The van der Waals surface area contributed by atoms with E-state index in [0.29, 0.717) is 13.1 Å². The van der Waals surface area contributed by atoms with Gasteiger partial charge < -0.3 is 10.3 Å². The highest BCUT2D eigenvalue weighted by Gasteiger charge is 2.10. The van der Waals surface area contributed by atoms with E-state index in [9.17, 15) is 8.42 Å². The van der Waals surface area contributed by atoms with Crippen molar-refractivity contribution in [2.75, 3.05) is 6.54 Å². The van der Waals surface area contributed by atoms with Crippen molar-refractivity contribution in [2.45, 2.75) is 25.3 Å².